The van der Waals surface area contributed by atoms with E-state index >= 15 is 0 Å². The number of anilines is 1. The van der Waals surface area contributed by atoms with Crippen molar-refractivity contribution < 1.29 is 17.9 Å². The summed E-state index contributed by atoms with van der Waals surface area (Å²) in [6.07, 6.45) is 1.51. The van der Waals surface area contributed by atoms with E-state index in [1.807, 2.05) is 0 Å². The van der Waals surface area contributed by atoms with Crippen LogP contribution in [0.25, 0.3) is 0 Å². The number of nitrogens with one attached hydrogen (secondary N) is 1. The van der Waals surface area contributed by atoms with E-state index in [9.17, 15) is 13.2 Å². The van der Waals surface area contributed by atoms with Crippen LogP contribution in [0.5, 0.6) is 5.75 Å². The van der Waals surface area contributed by atoms with Gasteiger partial charge in [-0.05, 0) is 55.3 Å². The molecule has 0 saturated carbocycles. The van der Waals surface area contributed by atoms with E-state index in [4.69, 9.17) is 10.5 Å². The molecule has 0 radical (unpaired) electrons. The smallest absolute Gasteiger partial charge is 0.261 e. The fourth-order valence-electron chi connectivity index (χ4n) is 2.95. The van der Waals surface area contributed by atoms with Crippen molar-refractivity contribution in [3.05, 3.63) is 54.1 Å². The zero-order valence-corrected chi connectivity index (χ0v) is 17.1. The lowest BCUT2D eigenvalue weighted by Crippen LogP contribution is -2.42. The summed E-state index contributed by atoms with van der Waals surface area (Å²) < 4.78 is 32.9. The van der Waals surface area contributed by atoms with Crippen molar-refractivity contribution in [1.82, 2.24) is 4.90 Å². The van der Waals surface area contributed by atoms with Crippen LogP contribution in [0.3, 0.4) is 0 Å². The third kappa shape index (κ3) is 5.15. The first-order chi connectivity index (χ1) is 12.9. The summed E-state index contributed by atoms with van der Waals surface area (Å²) in [7, 11) is -2.27. The Bertz CT molecular complexity index is 911. The lowest BCUT2D eigenvalue weighted by atomic mass is 10.0. The molecule has 28 heavy (non-hydrogen) atoms. The molecule has 0 aliphatic carbocycles. The average molecular weight is 426 g/mol. The Morgan fingerprint density at radius 1 is 1.14 bits per heavy atom. The first kappa shape index (κ1) is 22.0. The first-order valence-electron chi connectivity index (χ1n) is 8.71. The Morgan fingerprint density at radius 2 is 1.79 bits per heavy atom. The molecule has 0 bridgehead atoms. The number of amides is 1. The van der Waals surface area contributed by atoms with E-state index in [1.165, 1.54) is 19.2 Å². The summed E-state index contributed by atoms with van der Waals surface area (Å²) in [5.74, 6) is 0.454. The number of hydrogen-bond donors (Lipinski definition) is 2. The molecule has 1 aliphatic rings. The van der Waals surface area contributed by atoms with Crippen molar-refractivity contribution in [2.75, 3.05) is 24.9 Å². The largest absolute Gasteiger partial charge is 0.497 e. The molecule has 1 aliphatic heterocycles. The summed E-state index contributed by atoms with van der Waals surface area (Å²) in [5.41, 5.74) is 6.64. The van der Waals surface area contributed by atoms with Crippen LogP contribution in [0, 0.1) is 0 Å². The van der Waals surface area contributed by atoms with Gasteiger partial charge in [0.1, 0.15) is 5.75 Å². The number of sulfonamides is 1. The lowest BCUT2D eigenvalue weighted by molar-refractivity contribution is 0.0714. The Labute approximate surface area is 171 Å². The number of hydrogen-bond acceptors (Lipinski definition) is 5. The molecule has 1 amide bonds. The molecule has 2 aromatic carbocycles. The van der Waals surface area contributed by atoms with Crippen LogP contribution >= 0.6 is 12.4 Å². The zero-order valence-electron chi connectivity index (χ0n) is 15.5. The summed E-state index contributed by atoms with van der Waals surface area (Å²) in [4.78, 5) is 14.4. The number of likely N-dealkylation sites (tertiary alicyclic amines) is 1. The predicted octanol–water partition coefficient (Wildman–Crippen LogP) is 2.48. The maximum Gasteiger partial charge on any atom is 0.261 e. The Kier molecular flexibility index (Phi) is 7.29. The quantitative estimate of drug-likeness (QED) is 0.766. The second kappa shape index (κ2) is 9.27. The van der Waals surface area contributed by atoms with Gasteiger partial charge < -0.3 is 15.4 Å². The maximum absolute atomic E-state index is 12.7. The molecule has 3 N–H and O–H groups in total. The Morgan fingerprint density at radius 3 is 2.39 bits per heavy atom. The van der Waals surface area contributed by atoms with Gasteiger partial charge in [-0.25, -0.2) is 8.42 Å². The molecule has 3 rings (SSSR count). The third-order valence-electron chi connectivity index (χ3n) is 4.56. The number of methoxy groups -OCH3 is 1. The lowest BCUT2D eigenvalue weighted by Gasteiger charge is -2.30. The molecular weight excluding hydrogens is 402 g/mol. The van der Waals surface area contributed by atoms with Gasteiger partial charge in [0.2, 0.25) is 0 Å². The van der Waals surface area contributed by atoms with E-state index < -0.39 is 10.0 Å². The first-order valence-corrected chi connectivity index (χ1v) is 10.2. The highest BCUT2D eigenvalue weighted by Crippen LogP contribution is 2.21. The SMILES string of the molecule is COc1ccc(NS(=O)(=O)c2cccc(C(=O)N3CCC(N)CC3)c2)cc1.Cl. The molecule has 1 saturated heterocycles. The van der Waals surface area contributed by atoms with Gasteiger partial charge in [0, 0.05) is 30.4 Å². The summed E-state index contributed by atoms with van der Waals surface area (Å²) in [5, 5.41) is 0. The molecule has 0 aromatic heterocycles. The van der Waals surface area contributed by atoms with Crippen molar-refractivity contribution in [2.24, 2.45) is 5.73 Å². The van der Waals surface area contributed by atoms with Crippen LogP contribution in [0.4, 0.5) is 5.69 Å². The summed E-state index contributed by atoms with van der Waals surface area (Å²) >= 11 is 0. The molecule has 0 spiro atoms. The number of halogens is 1. The van der Waals surface area contributed by atoms with Crippen LogP contribution < -0.4 is 15.2 Å². The van der Waals surface area contributed by atoms with Gasteiger partial charge in [0.25, 0.3) is 15.9 Å². The van der Waals surface area contributed by atoms with Gasteiger partial charge in [-0.15, -0.1) is 12.4 Å². The number of carbonyl (C=O) groups is 1. The van der Waals surface area contributed by atoms with E-state index in [-0.39, 0.29) is 29.3 Å². The minimum Gasteiger partial charge on any atom is -0.497 e. The van der Waals surface area contributed by atoms with Crippen molar-refractivity contribution in [3.8, 4) is 5.75 Å². The van der Waals surface area contributed by atoms with Crippen molar-refractivity contribution in [2.45, 2.75) is 23.8 Å². The molecule has 2 aromatic rings. The molecule has 1 heterocycles. The van der Waals surface area contributed by atoms with Crippen molar-refractivity contribution >= 4 is 34.0 Å². The monoisotopic (exact) mass is 425 g/mol. The Hall–Kier alpha value is -2.29. The highest BCUT2D eigenvalue weighted by molar-refractivity contribution is 7.92. The van der Waals surface area contributed by atoms with Gasteiger partial charge in [-0.3, -0.25) is 9.52 Å². The van der Waals surface area contributed by atoms with Gasteiger partial charge in [-0.2, -0.15) is 0 Å². The van der Waals surface area contributed by atoms with E-state index in [0.717, 1.165) is 12.8 Å². The topological polar surface area (TPSA) is 102 Å². The molecule has 0 unspecified atom stereocenters. The van der Waals surface area contributed by atoms with Crippen LogP contribution in [0.15, 0.2) is 53.4 Å². The van der Waals surface area contributed by atoms with Crippen LogP contribution in [0.1, 0.15) is 23.2 Å². The minimum absolute atomic E-state index is 0. The van der Waals surface area contributed by atoms with Crippen LogP contribution in [-0.2, 0) is 10.0 Å². The highest BCUT2D eigenvalue weighted by Gasteiger charge is 2.23. The number of benzene rings is 2. The summed E-state index contributed by atoms with van der Waals surface area (Å²) in [6, 6.07) is 12.8. The number of nitrogens with two attached hydrogens (primary N) is 1. The number of piperidine rings is 1. The van der Waals surface area contributed by atoms with E-state index in [0.29, 0.717) is 30.1 Å². The minimum atomic E-state index is -3.81. The van der Waals surface area contributed by atoms with Gasteiger partial charge in [0.15, 0.2) is 0 Å². The fraction of sp³-hybridized carbons (Fsp3) is 0.316. The van der Waals surface area contributed by atoms with Crippen LogP contribution in [0.2, 0.25) is 0 Å². The molecular formula is C19H24ClN3O4S. The molecule has 0 atom stereocenters. The third-order valence-corrected chi connectivity index (χ3v) is 5.94. The predicted molar refractivity (Wildman–Crippen MR) is 111 cm³/mol. The molecule has 152 valence electrons. The second-order valence-electron chi connectivity index (χ2n) is 6.49. The fourth-order valence-corrected chi connectivity index (χ4v) is 4.06. The normalized spacial score (nSPS) is 14.9. The zero-order chi connectivity index (χ0) is 19.4. The molecule has 1 fully saturated rings. The molecule has 9 heteroatoms. The number of rotatable bonds is 5. The summed E-state index contributed by atoms with van der Waals surface area (Å²) in [6.45, 7) is 1.17. The van der Waals surface area contributed by atoms with Gasteiger partial charge >= 0.3 is 0 Å². The second-order valence-corrected chi connectivity index (χ2v) is 8.17. The van der Waals surface area contributed by atoms with E-state index in [1.54, 1.807) is 41.3 Å². The Balaban J connectivity index is 0.00000280. The number of nitrogens with zero attached hydrogens (tertiary/aromatic N) is 1. The highest BCUT2D eigenvalue weighted by atomic mass is 35.5. The van der Waals surface area contributed by atoms with Gasteiger partial charge in [0.05, 0.1) is 12.0 Å². The molecule has 7 nitrogen and oxygen atoms in total. The van der Waals surface area contributed by atoms with Crippen molar-refractivity contribution in [3.63, 3.8) is 0 Å². The number of carbonyl (C=O) groups excluding carboxylic acids is 1. The maximum atomic E-state index is 12.7. The van der Waals surface area contributed by atoms with E-state index in [2.05, 4.69) is 4.72 Å². The van der Waals surface area contributed by atoms with Gasteiger partial charge in [-0.1, -0.05) is 6.07 Å². The standard InChI is InChI=1S/C19H23N3O4S.ClH/c1-26-17-7-5-16(6-8-17)21-27(24,25)18-4-2-3-14(13-18)19(23)22-11-9-15(20)10-12-22;/h2-8,13,15,21H,9-12,20H2,1H3;1H. The average Bonchev–Trinajstić information content (AvgIpc) is 2.68. The van der Waals surface area contributed by atoms with Crippen LogP contribution in [-0.4, -0.2) is 45.5 Å². The van der Waals surface area contributed by atoms with Crippen molar-refractivity contribution in [1.29, 1.82) is 0 Å². The number of ether oxygens (including phenoxy) is 1.